The lowest BCUT2D eigenvalue weighted by Gasteiger charge is -2.15. The highest BCUT2D eigenvalue weighted by Crippen LogP contribution is 2.38. The molecule has 1 aromatic heterocycles. The Balaban J connectivity index is 2.54. The number of fused-ring (bicyclic) bond motifs is 3. The van der Waals surface area contributed by atoms with E-state index in [0.717, 1.165) is 16.3 Å². The molecule has 0 saturated heterocycles. The van der Waals surface area contributed by atoms with E-state index in [9.17, 15) is 4.79 Å². The van der Waals surface area contributed by atoms with Crippen LogP contribution in [0.5, 0.6) is 23.0 Å². The Bertz CT molecular complexity index is 991. The van der Waals surface area contributed by atoms with E-state index in [-0.39, 0.29) is 5.56 Å². The van der Waals surface area contributed by atoms with Crippen molar-refractivity contribution >= 4 is 21.7 Å². The van der Waals surface area contributed by atoms with E-state index >= 15 is 0 Å². The maximum Gasteiger partial charge on any atom is 0.258 e. The van der Waals surface area contributed by atoms with Crippen LogP contribution in [0.1, 0.15) is 0 Å². The predicted molar refractivity (Wildman–Crippen MR) is 92.9 cm³/mol. The van der Waals surface area contributed by atoms with E-state index < -0.39 is 0 Å². The van der Waals surface area contributed by atoms with Crippen molar-refractivity contribution in [3.63, 3.8) is 0 Å². The molecule has 1 heterocycles. The molecule has 0 radical (unpaired) electrons. The summed E-state index contributed by atoms with van der Waals surface area (Å²) in [4.78, 5) is 12.8. The number of hydrogen-bond acceptors (Lipinski definition) is 5. The van der Waals surface area contributed by atoms with E-state index in [1.54, 1.807) is 52.2 Å². The Hall–Kier alpha value is -2.89. The zero-order valence-corrected chi connectivity index (χ0v) is 14.3. The number of pyridine rings is 1. The normalized spacial score (nSPS) is 10.9. The van der Waals surface area contributed by atoms with Crippen LogP contribution in [0.3, 0.4) is 0 Å². The fourth-order valence-electron chi connectivity index (χ4n) is 2.93. The minimum Gasteiger partial charge on any atom is -0.493 e. The molecule has 3 aromatic rings. The average Bonchev–Trinajstić information content (AvgIpc) is 2.63. The fourth-order valence-corrected chi connectivity index (χ4v) is 2.93. The maximum atomic E-state index is 12.8. The maximum absolute atomic E-state index is 12.8. The summed E-state index contributed by atoms with van der Waals surface area (Å²) in [6.45, 7) is 0. The molecule has 0 aliphatic heterocycles. The molecular weight excluding hydrogens is 310 g/mol. The van der Waals surface area contributed by atoms with Gasteiger partial charge in [0.2, 0.25) is 0 Å². The molecular formula is C18H19NO5. The van der Waals surface area contributed by atoms with E-state index in [2.05, 4.69) is 0 Å². The van der Waals surface area contributed by atoms with Crippen molar-refractivity contribution in [3.05, 3.63) is 34.6 Å². The monoisotopic (exact) mass is 329 g/mol. The van der Waals surface area contributed by atoms with Crippen molar-refractivity contribution in [2.45, 2.75) is 0 Å². The minimum absolute atomic E-state index is 0.120. The third-order valence-corrected chi connectivity index (χ3v) is 4.21. The number of benzene rings is 2. The standard InChI is InChI=1S/C18H19NO5/c1-19-13-9-17(24-5)15(22-3)7-11(13)10-6-14(21-2)16(23-4)8-12(10)18(19)20/h6-9H,1-5H3. The van der Waals surface area contributed by atoms with Gasteiger partial charge in [0.05, 0.1) is 39.3 Å². The molecule has 0 amide bonds. The van der Waals surface area contributed by atoms with Crippen LogP contribution in [0.25, 0.3) is 21.7 Å². The van der Waals surface area contributed by atoms with Gasteiger partial charge in [0.15, 0.2) is 23.0 Å². The molecule has 0 bridgehead atoms. The first-order chi connectivity index (χ1) is 11.5. The Kier molecular flexibility index (Phi) is 3.97. The highest BCUT2D eigenvalue weighted by Gasteiger charge is 2.16. The van der Waals surface area contributed by atoms with E-state index in [1.807, 2.05) is 12.1 Å². The number of aromatic nitrogens is 1. The lowest BCUT2D eigenvalue weighted by Crippen LogP contribution is -2.17. The second-order valence-electron chi connectivity index (χ2n) is 5.34. The number of aryl methyl sites for hydroxylation is 1. The van der Waals surface area contributed by atoms with Gasteiger partial charge in [-0.2, -0.15) is 0 Å². The van der Waals surface area contributed by atoms with Gasteiger partial charge in [-0.1, -0.05) is 0 Å². The Morgan fingerprint density at radius 2 is 1.08 bits per heavy atom. The summed E-state index contributed by atoms with van der Waals surface area (Å²) >= 11 is 0. The summed E-state index contributed by atoms with van der Waals surface area (Å²) in [5, 5.41) is 2.19. The molecule has 0 spiro atoms. The first-order valence-electron chi connectivity index (χ1n) is 7.36. The summed E-state index contributed by atoms with van der Waals surface area (Å²) < 4.78 is 23.0. The van der Waals surface area contributed by atoms with Gasteiger partial charge in [-0.25, -0.2) is 0 Å². The molecule has 24 heavy (non-hydrogen) atoms. The molecule has 0 aliphatic carbocycles. The zero-order chi connectivity index (χ0) is 17.4. The quantitative estimate of drug-likeness (QED) is 0.689. The molecule has 0 unspecified atom stereocenters. The van der Waals surface area contributed by atoms with Gasteiger partial charge in [-0.3, -0.25) is 4.79 Å². The van der Waals surface area contributed by atoms with Crippen LogP contribution >= 0.6 is 0 Å². The number of nitrogens with zero attached hydrogens (tertiary/aromatic N) is 1. The topological polar surface area (TPSA) is 58.9 Å². The molecule has 2 aromatic carbocycles. The molecule has 6 nitrogen and oxygen atoms in total. The molecule has 126 valence electrons. The molecule has 0 N–H and O–H groups in total. The molecule has 0 atom stereocenters. The van der Waals surface area contributed by atoms with E-state index in [4.69, 9.17) is 18.9 Å². The lowest BCUT2D eigenvalue weighted by molar-refractivity contribution is 0.355. The molecule has 0 aliphatic rings. The summed E-state index contributed by atoms with van der Waals surface area (Å²) in [5.41, 5.74) is 0.628. The van der Waals surface area contributed by atoms with Crippen LogP contribution in [-0.2, 0) is 7.05 Å². The lowest BCUT2D eigenvalue weighted by atomic mass is 10.0. The van der Waals surface area contributed by atoms with Crippen molar-refractivity contribution in [1.82, 2.24) is 4.57 Å². The first-order valence-corrected chi connectivity index (χ1v) is 7.36. The highest BCUT2D eigenvalue weighted by atomic mass is 16.5. The molecule has 0 fully saturated rings. The number of ether oxygens (including phenoxy) is 4. The number of rotatable bonds is 4. The Morgan fingerprint density at radius 1 is 0.667 bits per heavy atom. The Labute approximate surface area is 139 Å². The molecule has 6 heteroatoms. The third-order valence-electron chi connectivity index (χ3n) is 4.21. The van der Waals surface area contributed by atoms with Crippen molar-refractivity contribution in [2.75, 3.05) is 28.4 Å². The van der Waals surface area contributed by atoms with Crippen molar-refractivity contribution in [1.29, 1.82) is 0 Å². The van der Waals surface area contributed by atoms with Crippen LogP contribution in [0, 0.1) is 0 Å². The summed E-state index contributed by atoms with van der Waals surface area (Å²) in [5.74, 6) is 2.25. The summed E-state index contributed by atoms with van der Waals surface area (Å²) in [6.07, 6.45) is 0. The number of hydrogen-bond donors (Lipinski definition) is 0. The van der Waals surface area contributed by atoms with Crippen LogP contribution in [-0.4, -0.2) is 33.0 Å². The largest absolute Gasteiger partial charge is 0.493 e. The van der Waals surface area contributed by atoms with Gasteiger partial charge in [0, 0.05) is 23.9 Å². The van der Waals surface area contributed by atoms with Gasteiger partial charge in [0.1, 0.15) is 0 Å². The van der Waals surface area contributed by atoms with Gasteiger partial charge >= 0.3 is 0 Å². The van der Waals surface area contributed by atoms with E-state index in [1.165, 1.54) is 0 Å². The molecule has 0 saturated carbocycles. The SMILES string of the molecule is COc1cc2c(=O)n(C)c3cc(OC)c(OC)cc3c2cc1OC. The van der Waals surface area contributed by atoms with Crippen LogP contribution in [0.2, 0.25) is 0 Å². The van der Waals surface area contributed by atoms with Gasteiger partial charge in [-0.15, -0.1) is 0 Å². The van der Waals surface area contributed by atoms with Crippen LogP contribution in [0.4, 0.5) is 0 Å². The minimum atomic E-state index is -0.120. The first kappa shape index (κ1) is 16.0. The van der Waals surface area contributed by atoms with Crippen molar-refractivity contribution in [2.24, 2.45) is 7.05 Å². The Morgan fingerprint density at radius 3 is 1.58 bits per heavy atom. The van der Waals surface area contributed by atoms with Crippen LogP contribution in [0.15, 0.2) is 29.1 Å². The summed E-state index contributed by atoms with van der Waals surface area (Å²) in [6, 6.07) is 7.17. The second-order valence-corrected chi connectivity index (χ2v) is 5.34. The number of methoxy groups -OCH3 is 4. The molecule has 3 rings (SSSR count). The van der Waals surface area contributed by atoms with Crippen LogP contribution < -0.4 is 24.5 Å². The van der Waals surface area contributed by atoms with E-state index in [0.29, 0.717) is 28.4 Å². The summed E-state index contributed by atoms with van der Waals surface area (Å²) in [7, 11) is 7.99. The van der Waals surface area contributed by atoms with Gasteiger partial charge in [-0.05, 0) is 18.2 Å². The fraction of sp³-hybridized carbons (Fsp3) is 0.278. The van der Waals surface area contributed by atoms with Crippen molar-refractivity contribution in [3.8, 4) is 23.0 Å². The second kappa shape index (κ2) is 5.96. The average molecular weight is 329 g/mol. The predicted octanol–water partition coefficient (Wildman–Crippen LogP) is 2.73. The van der Waals surface area contributed by atoms with Gasteiger partial charge in [0.25, 0.3) is 5.56 Å². The third kappa shape index (κ3) is 2.22. The van der Waals surface area contributed by atoms with Gasteiger partial charge < -0.3 is 23.5 Å². The highest BCUT2D eigenvalue weighted by molar-refractivity contribution is 6.07. The smallest absolute Gasteiger partial charge is 0.258 e. The van der Waals surface area contributed by atoms with Crippen molar-refractivity contribution < 1.29 is 18.9 Å². The zero-order valence-electron chi connectivity index (χ0n) is 14.3.